The van der Waals surface area contributed by atoms with Crippen LogP contribution >= 0.6 is 12.4 Å². The fraction of sp³-hybridized carbons (Fsp3) is 0.320. The molecule has 3 aromatic rings. The highest BCUT2D eigenvalue weighted by Crippen LogP contribution is 2.50. The summed E-state index contributed by atoms with van der Waals surface area (Å²) in [5.74, 6) is -1.05. The Morgan fingerprint density at radius 2 is 1.86 bits per heavy atom. The number of carbonyl (C=O) groups excluding carboxylic acids is 1. The quantitative estimate of drug-likeness (QED) is 0.321. The highest BCUT2D eigenvalue weighted by atomic mass is 35.5. The Hall–Kier alpha value is -3.72. The number of rotatable bonds is 8. The van der Waals surface area contributed by atoms with Gasteiger partial charge in [-0.25, -0.2) is 4.98 Å². The zero-order valence-corrected chi connectivity index (χ0v) is 20.4. The van der Waals surface area contributed by atoms with Gasteiger partial charge in [-0.2, -0.15) is 0 Å². The number of aromatic nitrogens is 2. The van der Waals surface area contributed by atoms with Crippen LogP contribution in [0.2, 0.25) is 0 Å². The number of halogens is 1. The molecule has 184 valence electrons. The maximum absolute atomic E-state index is 13.1. The Bertz CT molecular complexity index is 1360. The summed E-state index contributed by atoms with van der Waals surface area (Å²) in [5, 5.41) is 16.4. The molecule has 2 aromatic carbocycles. The first-order valence-electron chi connectivity index (χ1n) is 11.0. The van der Waals surface area contributed by atoms with Crippen molar-refractivity contribution in [2.45, 2.75) is 31.1 Å². The third-order valence-electron chi connectivity index (χ3n) is 6.50. The number of carboxylic acid groups (broad SMARTS) is 1. The molecule has 10 heteroatoms. The van der Waals surface area contributed by atoms with Crippen molar-refractivity contribution < 1.29 is 14.7 Å². The average Bonchev–Trinajstić information content (AvgIpc) is 3.62. The minimum Gasteiger partial charge on any atom is -0.481 e. The number of nitrogen functional groups attached to an aromatic ring is 1. The molecule has 0 bridgehead atoms. The third-order valence-corrected chi connectivity index (χ3v) is 6.50. The summed E-state index contributed by atoms with van der Waals surface area (Å²) in [6.45, 7) is 0.156. The van der Waals surface area contributed by atoms with Crippen LogP contribution in [-0.4, -0.2) is 50.9 Å². The first-order valence-corrected chi connectivity index (χ1v) is 11.0. The van der Waals surface area contributed by atoms with Crippen LogP contribution in [0.5, 0.6) is 0 Å². The molecule has 1 heterocycles. The number of likely N-dealkylation sites (N-methyl/N-ethyl adjacent to an activating group) is 1. The van der Waals surface area contributed by atoms with Crippen molar-refractivity contribution in [3.05, 3.63) is 75.2 Å². The molecular weight excluding hydrogens is 470 g/mol. The molecule has 35 heavy (non-hydrogen) atoms. The second-order valence-electron chi connectivity index (χ2n) is 8.87. The number of hydrogen-bond donors (Lipinski definition) is 3. The van der Waals surface area contributed by atoms with Crippen LogP contribution in [-0.2, 0) is 28.5 Å². The highest BCUT2D eigenvalue weighted by molar-refractivity contribution is 5.95. The van der Waals surface area contributed by atoms with Gasteiger partial charge in [0.15, 0.2) is 0 Å². The van der Waals surface area contributed by atoms with Crippen LogP contribution in [0.4, 0.5) is 0 Å². The number of hydrogen-bond acceptors (Lipinski definition) is 5. The molecule has 4 rings (SSSR count). The van der Waals surface area contributed by atoms with E-state index < -0.39 is 11.4 Å². The van der Waals surface area contributed by atoms with Crippen LogP contribution in [0.15, 0.2) is 47.3 Å². The Morgan fingerprint density at radius 1 is 1.20 bits per heavy atom. The number of carbonyl (C=O) groups is 2. The smallest absolute Gasteiger partial charge is 0.305 e. The molecule has 9 nitrogen and oxygen atoms in total. The molecule has 1 fully saturated rings. The monoisotopic (exact) mass is 497 g/mol. The third kappa shape index (κ3) is 5.05. The minimum atomic E-state index is -0.941. The van der Waals surface area contributed by atoms with Crippen molar-refractivity contribution in [3.63, 3.8) is 0 Å². The van der Waals surface area contributed by atoms with Crippen LogP contribution in [0.25, 0.3) is 11.0 Å². The van der Waals surface area contributed by atoms with Crippen molar-refractivity contribution in [2.24, 2.45) is 12.8 Å². The second-order valence-corrected chi connectivity index (χ2v) is 8.87. The lowest BCUT2D eigenvalue weighted by atomic mass is 9.93. The molecule has 0 aliphatic heterocycles. The molecule has 4 N–H and O–H groups in total. The topological polar surface area (TPSA) is 142 Å². The van der Waals surface area contributed by atoms with Gasteiger partial charge in [0.2, 0.25) is 5.91 Å². The van der Waals surface area contributed by atoms with Crippen LogP contribution in [0.3, 0.4) is 0 Å². The van der Waals surface area contributed by atoms with Crippen molar-refractivity contribution in [1.29, 1.82) is 5.41 Å². The molecule has 1 aliphatic rings. The minimum absolute atomic E-state index is 0. The number of fused-ring (bicyclic) bond motifs is 1. The Kier molecular flexibility index (Phi) is 7.30. The number of nitrogens with two attached hydrogens (primary N) is 1. The summed E-state index contributed by atoms with van der Waals surface area (Å²) in [4.78, 5) is 43.1. The van der Waals surface area contributed by atoms with E-state index in [1.807, 2.05) is 30.3 Å². The molecule has 1 aromatic heterocycles. The summed E-state index contributed by atoms with van der Waals surface area (Å²) >= 11 is 0. The molecule has 1 saturated carbocycles. The van der Waals surface area contributed by atoms with Gasteiger partial charge in [-0.05, 0) is 36.1 Å². The van der Waals surface area contributed by atoms with E-state index in [9.17, 15) is 14.4 Å². The maximum atomic E-state index is 13.1. The molecule has 0 atom stereocenters. The maximum Gasteiger partial charge on any atom is 0.305 e. The number of benzene rings is 2. The lowest BCUT2D eigenvalue weighted by molar-refractivity contribution is -0.138. The number of aryl methyl sites for hydroxylation is 1. The zero-order valence-electron chi connectivity index (χ0n) is 19.6. The first kappa shape index (κ1) is 25.9. The standard InChI is InChI=1S/C25H27N5O4.ClH/c1-29(12-9-21(31)32)24(34)25(10-11-25)17-7-8-20-18(14-17)28-19(23(33)30(20)2)13-15-3-5-16(6-4-15)22(26)27;/h3-8,14H,9-13H2,1-2H3,(H3,26,27)(H,31,32);1H. The Morgan fingerprint density at radius 3 is 2.43 bits per heavy atom. The summed E-state index contributed by atoms with van der Waals surface area (Å²) in [7, 11) is 3.33. The lowest BCUT2D eigenvalue weighted by Gasteiger charge is -2.23. The number of amides is 1. The number of nitrogens with one attached hydrogen (secondary N) is 1. The molecule has 1 amide bonds. The van der Waals surface area contributed by atoms with Crippen molar-refractivity contribution in [2.75, 3.05) is 13.6 Å². The van der Waals surface area contributed by atoms with Crippen LogP contribution in [0, 0.1) is 5.41 Å². The average molecular weight is 498 g/mol. The van der Waals surface area contributed by atoms with Gasteiger partial charge in [0, 0.05) is 32.6 Å². The van der Waals surface area contributed by atoms with Gasteiger partial charge in [0.1, 0.15) is 11.5 Å². The molecule has 0 unspecified atom stereocenters. The van der Waals surface area contributed by atoms with Gasteiger partial charge in [-0.15, -0.1) is 12.4 Å². The largest absolute Gasteiger partial charge is 0.481 e. The summed E-state index contributed by atoms with van der Waals surface area (Å²) < 4.78 is 1.56. The summed E-state index contributed by atoms with van der Waals surface area (Å²) in [6, 6.07) is 12.7. The zero-order chi connectivity index (χ0) is 24.6. The fourth-order valence-corrected chi connectivity index (χ4v) is 4.28. The van der Waals surface area contributed by atoms with Crippen molar-refractivity contribution in [3.8, 4) is 0 Å². The van der Waals surface area contributed by atoms with Gasteiger partial charge in [0.05, 0.1) is 22.9 Å². The normalized spacial score (nSPS) is 13.7. The van der Waals surface area contributed by atoms with E-state index in [1.165, 1.54) is 4.90 Å². The van der Waals surface area contributed by atoms with E-state index in [0.717, 1.165) is 11.1 Å². The molecule has 0 spiro atoms. The van der Waals surface area contributed by atoms with Gasteiger partial charge in [-0.3, -0.25) is 19.8 Å². The summed E-state index contributed by atoms with van der Waals surface area (Å²) in [5.41, 5.74) is 8.65. The second kappa shape index (κ2) is 9.87. The highest BCUT2D eigenvalue weighted by Gasteiger charge is 2.52. The molecule has 0 saturated heterocycles. The van der Waals surface area contributed by atoms with Crippen molar-refractivity contribution >= 4 is 41.2 Å². The fourth-order valence-electron chi connectivity index (χ4n) is 4.28. The number of amidine groups is 1. The van der Waals surface area contributed by atoms with Crippen LogP contribution < -0.4 is 11.3 Å². The number of aliphatic carboxylic acids is 1. The number of nitrogens with zero attached hydrogens (tertiary/aromatic N) is 3. The van der Waals surface area contributed by atoms with Gasteiger partial charge in [0.25, 0.3) is 5.56 Å². The Labute approximate surface area is 208 Å². The SMILES string of the molecule is CN(CCC(=O)O)C(=O)C1(c2ccc3c(c2)nc(Cc2ccc(C(=N)N)cc2)c(=O)n3C)CC1.Cl. The van der Waals surface area contributed by atoms with Gasteiger partial charge >= 0.3 is 5.97 Å². The number of carboxylic acids is 1. The molecule has 0 radical (unpaired) electrons. The van der Waals surface area contributed by atoms with Crippen LogP contribution in [0.1, 0.15) is 41.6 Å². The van der Waals surface area contributed by atoms with E-state index in [4.69, 9.17) is 16.2 Å². The van der Waals surface area contributed by atoms with E-state index in [0.29, 0.717) is 41.6 Å². The Balaban J connectivity index is 0.00000342. The van der Waals surface area contributed by atoms with E-state index >= 15 is 0 Å². The predicted octanol–water partition coefficient (Wildman–Crippen LogP) is 2.19. The van der Waals surface area contributed by atoms with E-state index in [1.54, 1.807) is 30.8 Å². The first-order chi connectivity index (χ1) is 16.1. The summed E-state index contributed by atoms with van der Waals surface area (Å²) in [6.07, 6.45) is 1.61. The van der Waals surface area contributed by atoms with E-state index in [-0.39, 0.29) is 42.7 Å². The van der Waals surface area contributed by atoms with Crippen molar-refractivity contribution in [1.82, 2.24) is 14.5 Å². The van der Waals surface area contributed by atoms with E-state index in [2.05, 4.69) is 4.98 Å². The predicted molar refractivity (Wildman–Crippen MR) is 135 cm³/mol. The lowest BCUT2D eigenvalue weighted by Crippen LogP contribution is -2.37. The van der Waals surface area contributed by atoms with Gasteiger partial charge < -0.3 is 20.3 Å². The molecular formula is C25H28ClN5O4. The van der Waals surface area contributed by atoms with Gasteiger partial charge in [-0.1, -0.05) is 30.3 Å². The molecule has 1 aliphatic carbocycles.